The predicted octanol–water partition coefficient (Wildman–Crippen LogP) is 4.68. The largest absolute Gasteiger partial charge is 0.314 e. The van der Waals surface area contributed by atoms with Crippen LogP contribution in [-0.4, -0.2) is 12.6 Å². The molecule has 1 unspecified atom stereocenters. The number of benzene rings is 1. The van der Waals surface area contributed by atoms with E-state index in [4.69, 9.17) is 0 Å². The van der Waals surface area contributed by atoms with Crippen molar-refractivity contribution >= 4 is 15.9 Å². The number of likely N-dealkylation sites (N-methyl/N-ethyl adjacent to an activating group) is 1. The molecule has 0 aromatic heterocycles. The summed E-state index contributed by atoms with van der Waals surface area (Å²) in [6, 6.07) is 2.78. The van der Waals surface area contributed by atoms with Gasteiger partial charge in [-0.3, -0.25) is 0 Å². The van der Waals surface area contributed by atoms with E-state index in [2.05, 4.69) is 42.0 Å². The zero-order chi connectivity index (χ0) is 14.6. The van der Waals surface area contributed by atoms with Gasteiger partial charge in [-0.15, -0.1) is 0 Å². The number of halogens is 3. The van der Waals surface area contributed by atoms with E-state index in [0.29, 0.717) is 10.9 Å². The van der Waals surface area contributed by atoms with E-state index in [1.165, 1.54) is 12.1 Å². The highest BCUT2D eigenvalue weighted by Gasteiger charge is 2.22. The van der Waals surface area contributed by atoms with Crippen LogP contribution in [0.4, 0.5) is 8.78 Å². The quantitative estimate of drug-likeness (QED) is 0.771. The molecule has 0 fully saturated rings. The van der Waals surface area contributed by atoms with E-state index in [0.717, 1.165) is 13.0 Å². The highest BCUT2D eigenvalue weighted by Crippen LogP contribution is 2.26. The Hall–Kier alpha value is -0.480. The molecule has 0 spiro atoms. The lowest BCUT2D eigenvalue weighted by Gasteiger charge is -2.27. The van der Waals surface area contributed by atoms with Crippen LogP contribution < -0.4 is 5.32 Å². The summed E-state index contributed by atoms with van der Waals surface area (Å²) in [5.74, 6) is -0.964. The van der Waals surface area contributed by atoms with Gasteiger partial charge < -0.3 is 5.32 Å². The van der Waals surface area contributed by atoms with E-state index in [1.807, 2.05) is 6.92 Å². The van der Waals surface area contributed by atoms with Crippen molar-refractivity contribution in [3.63, 3.8) is 0 Å². The summed E-state index contributed by atoms with van der Waals surface area (Å²) in [5, 5.41) is 3.31. The van der Waals surface area contributed by atoms with Crippen molar-refractivity contribution < 1.29 is 8.78 Å². The minimum atomic E-state index is -0.489. The van der Waals surface area contributed by atoms with Crippen molar-refractivity contribution in [1.29, 1.82) is 0 Å². The Labute approximate surface area is 122 Å². The molecule has 0 radical (unpaired) electrons. The van der Waals surface area contributed by atoms with E-state index in [-0.39, 0.29) is 17.0 Å². The highest BCUT2D eigenvalue weighted by atomic mass is 79.9. The number of hydrogen-bond acceptors (Lipinski definition) is 1. The number of nitrogens with one attached hydrogen (secondary N) is 1. The smallest absolute Gasteiger partial charge is 0.143 e. The predicted molar refractivity (Wildman–Crippen MR) is 79.3 cm³/mol. The molecule has 1 atom stereocenters. The Bertz CT molecular complexity index is 427. The summed E-state index contributed by atoms with van der Waals surface area (Å²) in [6.45, 7) is 9.18. The Balaban J connectivity index is 2.93. The maximum Gasteiger partial charge on any atom is 0.143 e. The molecule has 0 aliphatic rings. The van der Waals surface area contributed by atoms with Crippen molar-refractivity contribution in [3.05, 3.63) is 33.8 Å². The van der Waals surface area contributed by atoms with Gasteiger partial charge in [-0.25, -0.2) is 8.78 Å². The molecule has 0 heterocycles. The molecule has 0 aliphatic heterocycles. The molecule has 0 saturated heterocycles. The van der Waals surface area contributed by atoms with Gasteiger partial charge in [0.25, 0.3) is 0 Å². The molecule has 0 amide bonds. The Morgan fingerprint density at radius 1 is 1.26 bits per heavy atom. The average molecular weight is 334 g/mol. The van der Waals surface area contributed by atoms with Crippen molar-refractivity contribution in [2.24, 2.45) is 5.41 Å². The fourth-order valence-electron chi connectivity index (χ4n) is 2.25. The summed E-state index contributed by atoms with van der Waals surface area (Å²) in [6.07, 6.45) is 1.23. The van der Waals surface area contributed by atoms with Crippen LogP contribution in [0.2, 0.25) is 0 Å². The van der Waals surface area contributed by atoms with Gasteiger partial charge in [0.05, 0.1) is 4.47 Å². The maximum atomic E-state index is 14.0. The minimum absolute atomic E-state index is 0.0725. The van der Waals surface area contributed by atoms with Gasteiger partial charge in [-0.2, -0.15) is 0 Å². The maximum absolute atomic E-state index is 14.0. The van der Waals surface area contributed by atoms with Gasteiger partial charge in [0, 0.05) is 11.6 Å². The molecular weight excluding hydrogens is 312 g/mol. The van der Waals surface area contributed by atoms with Gasteiger partial charge in [0.1, 0.15) is 11.6 Å². The van der Waals surface area contributed by atoms with Crippen molar-refractivity contribution in [1.82, 2.24) is 5.32 Å². The molecule has 4 heteroatoms. The van der Waals surface area contributed by atoms with E-state index in [1.54, 1.807) is 0 Å². The molecule has 0 saturated carbocycles. The van der Waals surface area contributed by atoms with Crippen LogP contribution in [0.15, 0.2) is 16.6 Å². The average Bonchev–Trinajstić information content (AvgIpc) is 2.28. The fourth-order valence-corrected chi connectivity index (χ4v) is 2.62. The molecular formula is C15H22BrF2N. The lowest BCUT2D eigenvalue weighted by molar-refractivity contribution is 0.306. The summed E-state index contributed by atoms with van der Waals surface area (Å²) in [5.41, 5.74) is 0.274. The normalized spacial score (nSPS) is 13.6. The zero-order valence-corrected chi connectivity index (χ0v) is 13.6. The van der Waals surface area contributed by atoms with Gasteiger partial charge in [-0.05, 0) is 52.9 Å². The van der Waals surface area contributed by atoms with Crippen LogP contribution in [0.25, 0.3) is 0 Å². The van der Waals surface area contributed by atoms with Crippen molar-refractivity contribution in [2.75, 3.05) is 6.54 Å². The SMILES string of the molecule is CCNC(Cc1c(F)ccc(Br)c1F)CC(C)(C)C. The third-order valence-electron chi connectivity index (χ3n) is 2.94. The summed E-state index contributed by atoms with van der Waals surface area (Å²) >= 11 is 3.11. The van der Waals surface area contributed by atoms with Crippen LogP contribution in [0.5, 0.6) is 0 Å². The molecule has 0 aliphatic carbocycles. The third-order valence-corrected chi connectivity index (χ3v) is 3.55. The monoisotopic (exact) mass is 333 g/mol. The topological polar surface area (TPSA) is 12.0 Å². The Kier molecular flexibility index (Phi) is 5.93. The first-order valence-corrected chi connectivity index (χ1v) is 7.39. The first kappa shape index (κ1) is 16.6. The van der Waals surface area contributed by atoms with Crippen molar-refractivity contribution in [3.8, 4) is 0 Å². The molecule has 19 heavy (non-hydrogen) atoms. The van der Waals surface area contributed by atoms with Crippen molar-refractivity contribution in [2.45, 2.75) is 46.6 Å². The molecule has 1 aromatic rings. The van der Waals surface area contributed by atoms with Gasteiger partial charge in [0.2, 0.25) is 0 Å². The van der Waals surface area contributed by atoms with Crippen LogP contribution in [0, 0.1) is 17.0 Å². The lowest BCUT2D eigenvalue weighted by Crippen LogP contribution is -2.35. The van der Waals surface area contributed by atoms with Gasteiger partial charge >= 0.3 is 0 Å². The first-order valence-electron chi connectivity index (χ1n) is 6.60. The van der Waals surface area contributed by atoms with Crippen LogP contribution in [-0.2, 0) is 6.42 Å². The van der Waals surface area contributed by atoms with Gasteiger partial charge in [-0.1, -0.05) is 27.7 Å². The first-order chi connectivity index (χ1) is 8.74. The van der Waals surface area contributed by atoms with Gasteiger partial charge in [0.15, 0.2) is 0 Å². The van der Waals surface area contributed by atoms with E-state index in [9.17, 15) is 8.78 Å². The second-order valence-electron chi connectivity index (χ2n) is 6.05. The van der Waals surface area contributed by atoms with E-state index < -0.39 is 11.6 Å². The minimum Gasteiger partial charge on any atom is -0.314 e. The summed E-state index contributed by atoms with van der Waals surface area (Å²) in [4.78, 5) is 0. The van der Waals surface area contributed by atoms with Crippen LogP contribution >= 0.6 is 15.9 Å². The molecule has 1 rings (SSSR count). The second kappa shape index (κ2) is 6.80. The second-order valence-corrected chi connectivity index (χ2v) is 6.90. The standard InChI is InChI=1S/C15H22BrF2N/c1-5-19-10(9-15(2,3)4)8-11-13(17)7-6-12(16)14(11)18/h6-7,10,19H,5,8-9H2,1-4H3. The Morgan fingerprint density at radius 2 is 1.89 bits per heavy atom. The van der Waals surface area contributed by atoms with Crippen LogP contribution in [0.3, 0.4) is 0 Å². The summed E-state index contributed by atoms with van der Waals surface area (Å²) in [7, 11) is 0. The highest BCUT2D eigenvalue weighted by molar-refractivity contribution is 9.10. The fraction of sp³-hybridized carbons (Fsp3) is 0.600. The Morgan fingerprint density at radius 3 is 2.42 bits per heavy atom. The van der Waals surface area contributed by atoms with Crippen LogP contribution in [0.1, 0.15) is 39.7 Å². The third kappa shape index (κ3) is 5.19. The molecule has 1 N–H and O–H groups in total. The number of rotatable bonds is 5. The molecule has 1 nitrogen and oxygen atoms in total. The number of hydrogen-bond donors (Lipinski definition) is 1. The summed E-state index contributed by atoms with van der Waals surface area (Å²) < 4.78 is 28.1. The molecule has 108 valence electrons. The molecule has 1 aromatic carbocycles. The zero-order valence-electron chi connectivity index (χ0n) is 12.0. The van der Waals surface area contributed by atoms with E-state index >= 15 is 0 Å². The lowest BCUT2D eigenvalue weighted by atomic mass is 9.85. The molecule has 0 bridgehead atoms.